The van der Waals surface area contributed by atoms with Gasteiger partial charge in [-0.25, -0.2) is 4.39 Å². The summed E-state index contributed by atoms with van der Waals surface area (Å²) in [6.07, 6.45) is -0.536. The highest BCUT2D eigenvalue weighted by atomic mass is 35.5. The van der Waals surface area contributed by atoms with Crippen molar-refractivity contribution in [3.05, 3.63) is 0 Å². The van der Waals surface area contributed by atoms with Crippen LogP contribution in [0.3, 0.4) is 0 Å². The number of alkyl halides is 6. The molecule has 0 aromatic carbocycles. The second-order valence-electron chi connectivity index (χ2n) is 5.17. The van der Waals surface area contributed by atoms with Crippen LogP contribution in [0.15, 0.2) is 0 Å². The average Bonchev–Trinajstić information content (AvgIpc) is 2.24. The van der Waals surface area contributed by atoms with Gasteiger partial charge in [0.1, 0.15) is 0 Å². The molecule has 0 saturated heterocycles. The Balaban J connectivity index is 4.59. The Labute approximate surface area is 131 Å². The molecule has 0 heterocycles. The first kappa shape index (κ1) is 20.1. The van der Waals surface area contributed by atoms with E-state index in [9.17, 15) is 18.0 Å². The molecule has 0 aliphatic rings. The minimum absolute atomic E-state index is 0.0584. The van der Waals surface area contributed by atoms with Gasteiger partial charge in [-0.2, -0.15) is 8.78 Å². The van der Waals surface area contributed by atoms with Gasteiger partial charge in [0.25, 0.3) is 5.13 Å². The molecule has 0 aromatic rings. The van der Waals surface area contributed by atoms with Crippen molar-refractivity contribution in [1.29, 1.82) is 0 Å². The fourth-order valence-corrected chi connectivity index (χ4v) is 2.06. The van der Waals surface area contributed by atoms with E-state index >= 15 is 0 Å². The van der Waals surface area contributed by atoms with Gasteiger partial charge in [0, 0.05) is 18.2 Å². The van der Waals surface area contributed by atoms with Gasteiger partial charge in [-0.05, 0) is 30.4 Å². The molecule has 2 unspecified atom stereocenters. The molecule has 0 N–H and O–H groups in total. The Morgan fingerprint density at radius 2 is 1.75 bits per heavy atom. The number of rotatable bonds is 8. The molecule has 20 heavy (non-hydrogen) atoms. The van der Waals surface area contributed by atoms with E-state index in [0.29, 0.717) is 0 Å². The van der Waals surface area contributed by atoms with Crippen LogP contribution in [0.4, 0.5) is 13.2 Å². The van der Waals surface area contributed by atoms with Gasteiger partial charge in [0.05, 0.1) is 6.61 Å². The fourth-order valence-electron chi connectivity index (χ4n) is 1.43. The van der Waals surface area contributed by atoms with E-state index in [1.165, 1.54) is 0 Å². The van der Waals surface area contributed by atoms with Crippen molar-refractivity contribution in [1.82, 2.24) is 0 Å². The molecule has 0 amide bonds. The van der Waals surface area contributed by atoms with Gasteiger partial charge in [0.2, 0.25) is 0 Å². The van der Waals surface area contributed by atoms with Crippen LogP contribution in [0.25, 0.3) is 0 Å². The summed E-state index contributed by atoms with van der Waals surface area (Å²) in [5.41, 5.74) is -0.789. The van der Waals surface area contributed by atoms with Crippen molar-refractivity contribution >= 4 is 40.8 Å². The number of carbonyl (C=O) groups is 1. The standard InChI is InChI=1S/C12H18Cl3F3O2/c1-4-20-9(19)5-6-10(2,3)8(13)7-11(14,16)12(15,17)18/h8H,4-7H2,1-3H3. The number of esters is 1. The fraction of sp³-hybridized carbons (Fsp3) is 0.917. The van der Waals surface area contributed by atoms with Crippen LogP contribution < -0.4 is 0 Å². The molecule has 0 rings (SSSR count). The third-order valence-corrected chi connectivity index (χ3v) is 4.51. The number of hydrogen-bond acceptors (Lipinski definition) is 2. The molecule has 0 bridgehead atoms. The number of carbonyl (C=O) groups excluding carboxylic acids is 1. The lowest BCUT2D eigenvalue weighted by atomic mass is 9.82. The van der Waals surface area contributed by atoms with E-state index in [-0.39, 0.29) is 19.4 Å². The van der Waals surface area contributed by atoms with Crippen LogP contribution in [0.1, 0.15) is 40.0 Å². The maximum Gasteiger partial charge on any atom is 0.369 e. The molecule has 8 heteroatoms. The summed E-state index contributed by atoms with van der Waals surface area (Å²) in [4.78, 5) is 11.3. The van der Waals surface area contributed by atoms with E-state index in [4.69, 9.17) is 27.9 Å². The van der Waals surface area contributed by atoms with E-state index in [1.807, 2.05) is 0 Å². The topological polar surface area (TPSA) is 26.3 Å². The third-order valence-electron chi connectivity index (χ3n) is 2.98. The normalized spacial score (nSPS) is 17.4. The molecule has 0 fully saturated rings. The lowest BCUT2D eigenvalue weighted by Crippen LogP contribution is -2.40. The van der Waals surface area contributed by atoms with E-state index < -0.39 is 33.7 Å². The molecule has 120 valence electrons. The predicted octanol–water partition coefficient (Wildman–Crippen LogP) is 5.09. The zero-order valence-corrected chi connectivity index (χ0v) is 13.8. The second kappa shape index (κ2) is 7.41. The minimum Gasteiger partial charge on any atom is -0.466 e. The zero-order valence-electron chi connectivity index (χ0n) is 11.5. The van der Waals surface area contributed by atoms with Gasteiger partial charge in [-0.3, -0.25) is 4.79 Å². The Bertz CT molecular complexity index is 330. The maximum absolute atomic E-state index is 13.6. The van der Waals surface area contributed by atoms with Crippen molar-refractivity contribution in [3.8, 4) is 0 Å². The van der Waals surface area contributed by atoms with Crippen molar-refractivity contribution in [2.75, 3.05) is 6.61 Å². The van der Waals surface area contributed by atoms with Crippen molar-refractivity contribution in [3.63, 3.8) is 0 Å². The highest BCUT2D eigenvalue weighted by molar-refractivity contribution is 6.33. The molecule has 2 atom stereocenters. The molecule has 0 saturated carbocycles. The maximum atomic E-state index is 13.6. The van der Waals surface area contributed by atoms with Gasteiger partial charge in [-0.1, -0.05) is 25.4 Å². The summed E-state index contributed by atoms with van der Waals surface area (Å²) in [5, 5.41) is -8.69. The van der Waals surface area contributed by atoms with Crippen molar-refractivity contribution < 1.29 is 22.7 Å². The van der Waals surface area contributed by atoms with E-state index in [1.54, 1.807) is 20.8 Å². The first-order valence-corrected chi connectivity index (χ1v) is 7.27. The average molecular weight is 358 g/mol. The summed E-state index contributed by atoms with van der Waals surface area (Å²) in [7, 11) is 0. The molecule has 0 radical (unpaired) electrons. The summed E-state index contributed by atoms with van der Waals surface area (Å²) < 4.78 is 43.9. The van der Waals surface area contributed by atoms with Gasteiger partial charge >= 0.3 is 11.4 Å². The van der Waals surface area contributed by atoms with E-state index in [2.05, 4.69) is 11.6 Å². The lowest BCUT2D eigenvalue weighted by Gasteiger charge is -2.34. The van der Waals surface area contributed by atoms with Crippen LogP contribution in [0, 0.1) is 5.41 Å². The quantitative estimate of drug-likeness (QED) is 0.447. The number of ether oxygens (including phenoxy) is 1. The summed E-state index contributed by atoms with van der Waals surface area (Å²) in [5.74, 6) is -0.426. The van der Waals surface area contributed by atoms with Crippen LogP contribution in [-0.2, 0) is 9.53 Å². The molecule has 0 aromatic heterocycles. The number of hydrogen-bond donors (Lipinski definition) is 0. The first-order chi connectivity index (χ1) is 8.83. The Morgan fingerprint density at radius 3 is 2.15 bits per heavy atom. The molecule has 0 spiro atoms. The second-order valence-corrected chi connectivity index (χ2v) is 6.77. The Kier molecular flexibility index (Phi) is 7.46. The zero-order chi connectivity index (χ0) is 16.2. The third kappa shape index (κ3) is 6.27. The number of halogens is 6. The van der Waals surface area contributed by atoms with Crippen LogP contribution >= 0.6 is 34.8 Å². The van der Waals surface area contributed by atoms with Crippen molar-refractivity contribution in [2.24, 2.45) is 5.41 Å². The highest BCUT2D eigenvalue weighted by Crippen LogP contribution is 2.47. The van der Waals surface area contributed by atoms with Crippen LogP contribution in [0.2, 0.25) is 0 Å². The lowest BCUT2D eigenvalue weighted by molar-refractivity contribution is -0.143. The molecule has 0 aliphatic carbocycles. The monoisotopic (exact) mass is 356 g/mol. The largest absolute Gasteiger partial charge is 0.466 e. The molecule has 2 nitrogen and oxygen atoms in total. The smallest absolute Gasteiger partial charge is 0.369 e. The predicted molar refractivity (Wildman–Crippen MR) is 74.4 cm³/mol. The first-order valence-electron chi connectivity index (χ1n) is 6.07. The minimum atomic E-state index is -4.22. The van der Waals surface area contributed by atoms with Crippen LogP contribution in [-0.4, -0.2) is 28.5 Å². The SMILES string of the molecule is CCOC(=O)CCC(C)(C)C(Cl)CC(F)(Cl)C(F)(F)Cl. The van der Waals surface area contributed by atoms with Crippen molar-refractivity contribution in [2.45, 2.75) is 55.9 Å². The van der Waals surface area contributed by atoms with E-state index in [0.717, 1.165) is 0 Å². The summed E-state index contributed by atoms with van der Waals surface area (Å²) >= 11 is 15.7. The molecular formula is C12H18Cl3F3O2. The summed E-state index contributed by atoms with van der Waals surface area (Å²) in [6, 6.07) is 0. The molecular weight excluding hydrogens is 339 g/mol. The summed E-state index contributed by atoms with van der Waals surface area (Å²) in [6.45, 7) is 5.17. The van der Waals surface area contributed by atoms with Gasteiger partial charge in [-0.15, -0.1) is 11.6 Å². The Hall–Kier alpha value is 0.130. The van der Waals surface area contributed by atoms with Gasteiger partial charge in [0.15, 0.2) is 0 Å². The Morgan fingerprint density at radius 1 is 1.25 bits per heavy atom. The van der Waals surface area contributed by atoms with Gasteiger partial charge < -0.3 is 4.74 Å². The highest BCUT2D eigenvalue weighted by Gasteiger charge is 2.54. The molecule has 0 aliphatic heterocycles. The van der Waals surface area contributed by atoms with Crippen LogP contribution in [0.5, 0.6) is 0 Å².